The highest BCUT2D eigenvalue weighted by molar-refractivity contribution is 5.82. The van der Waals surface area contributed by atoms with E-state index in [-0.39, 0.29) is 5.60 Å². The Balaban J connectivity index is 2.60. The van der Waals surface area contributed by atoms with Gasteiger partial charge < -0.3 is 4.74 Å². The predicted octanol–water partition coefficient (Wildman–Crippen LogP) is 1.11. The van der Waals surface area contributed by atoms with E-state index in [0.717, 1.165) is 12.1 Å². The quantitative estimate of drug-likeness (QED) is 0.549. The summed E-state index contributed by atoms with van der Waals surface area (Å²) in [6.45, 7) is 6.66. The largest absolute Gasteiger partial charge is 0.354 e. The van der Waals surface area contributed by atoms with Gasteiger partial charge in [-0.25, -0.2) is 0 Å². The third-order valence-electron chi connectivity index (χ3n) is 1.48. The van der Waals surface area contributed by atoms with Crippen LogP contribution in [0.3, 0.4) is 0 Å². The highest BCUT2D eigenvalue weighted by atomic mass is 16.5. The lowest BCUT2D eigenvalue weighted by Gasteiger charge is -2.21. The summed E-state index contributed by atoms with van der Waals surface area (Å²) in [6.07, 6.45) is 0.903. The first-order valence-corrected chi connectivity index (χ1v) is 3.50. The Labute approximate surface area is 61.5 Å². The lowest BCUT2D eigenvalue weighted by Crippen LogP contribution is -2.27. The number of ether oxygens (including phenoxy) is 1. The molecule has 0 aromatic rings. The van der Waals surface area contributed by atoms with Crippen LogP contribution in [0.15, 0.2) is 5.10 Å². The van der Waals surface area contributed by atoms with Gasteiger partial charge in [0.05, 0.1) is 5.60 Å². The standard InChI is InChI=1S/C7H14N2O/c1-6-4-7(2,3)10-5-8-9-6/h8H,4-5H2,1-3H3. The number of rotatable bonds is 0. The van der Waals surface area contributed by atoms with Crippen molar-refractivity contribution in [3.63, 3.8) is 0 Å². The Morgan fingerprint density at radius 1 is 1.60 bits per heavy atom. The third-order valence-corrected chi connectivity index (χ3v) is 1.48. The first kappa shape index (κ1) is 7.54. The molecular weight excluding hydrogens is 128 g/mol. The first-order valence-electron chi connectivity index (χ1n) is 3.50. The molecule has 1 aliphatic rings. The summed E-state index contributed by atoms with van der Waals surface area (Å²) in [5.74, 6) is 0. The smallest absolute Gasteiger partial charge is 0.132 e. The van der Waals surface area contributed by atoms with Crippen LogP contribution in [0.1, 0.15) is 27.2 Å². The second-order valence-electron chi connectivity index (χ2n) is 3.23. The molecule has 0 unspecified atom stereocenters. The van der Waals surface area contributed by atoms with Crippen molar-refractivity contribution in [1.29, 1.82) is 0 Å². The van der Waals surface area contributed by atoms with E-state index < -0.39 is 0 Å². The summed E-state index contributed by atoms with van der Waals surface area (Å²) in [7, 11) is 0. The Hall–Kier alpha value is -0.570. The molecule has 0 aliphatic carbocycles. The monoisotopic (exact) mass is 142 g/mol. The van der Waals surface area contributed by atoms with Crippen molar-refractivity contribution in [1.82, 2.24) is 5.43 Å². The van der Waals surface area contributed by atoms with Crippen LogP contribution in [-0.2, 0) is 4.74 Å². The van der Waals surface area contributed by atoms with Crippen molar-refractivity contribution >= 4 is 5.71 Å². The zero-order valence-corrected chi connectivity index (χ0v) is 6.77. The molecule has 0 aromatic heterocycles. The molecule has 1 aliphatic heterocycles. The van der Waals surface area contributed by atoms with Crippen LogP contribution in [0.4, 0.5) is 0 Å². The number of hydrogen-bond donors (Lipinski definition) is 1. The van der Waals surface area contributed by atoms with Gasteiger partial charge in [-0.2, -0.15) is 5.10 Å². The van der Waals surface area contributed by atoms with E-state index in [1.807, 2.05) is 6.92 Å². The molecule has 0 saturated carbocycles. The van der Waals surface area contributed by atoms with Crippen LogP contribution >= 0.6 is 0 Å². The van der Waals surface area contributed by atoms with E-state index in [4.69, 9.17) is 4.74 Å². The van der Waals surface area contributed by atoms with Gasteiger partial charge in [0.15, 0.2) is 0 Å². The summed E-state index contributed by atoms with van der Waals surface area (Å²) in [6, 6.07) is 0. The van der Waals surface area contributed by atoms with Gasteiger partial charge in [-0.3, -0.25) is 5.43 Å². The van der Waals surface area contributed by atoms with Gasteiger partial charge in [-0.15, -0.1) is 0 Å². The van der Waals surface area contributed by atoms with Crippen molar-refractivity contribution in [3.8, 4) is 0 Å². The van der Waals surface area contributed by atoms with Crippen molar-refractivity contribution in [2.75, 3.05) is 6.73 Å². The van der Waals surface area contributed by atoms with Crippen LogP contribution in [-0.4, -0.2) is 18.0 Å². The minimum atomic E-state index is -0.0584. The zero-order valence-electron chi connectivity index (χ0n) is 6.77. The molecule has 0 spiro atoms. The third kappa shape index (κ3) is 1.99. The van der Waals surface area contributed by atoms with Crippen LogP contribution in [0.5, 0.6) is 0 Å². The molecule has 3 heteroatoms. The highest BCUT2D eigenvalue weighted by Gasteiger charge is 2.21. The van der Waals surface area contributed by atoms with Crippen molar-refractivity contribution in [2.45, 2.75) is 32.8 Å². The molecule has 10 heavy (non-hydrogen) atoms. The van der Waals surface area contributed by atoms with Crippen LogP contribution in [0.25, 0.3) is 0 Å². The number of hydrazone groups is 1. The Morgan fingerprint density at radius 2 is 2.30 bits per heavy atom. The van der Waals surface area contributed by atoms with E-state index in [0.29, 0.717) is 6.73 Å². The summed E-state index contributed by atoms with van der Waals surface area (Å²) in [5.41, 5.74) is 3.86. The van der Waals surface area contributed by atoms with Crippen molar-refractivity contribution < 1.29 is 4.74 Å². The maximum atomic E-state index is 5.44. The van der Waals surface area contributed by atoms with Gasteiger partial charge >= 0.3 is 0 Å². The van der Waals surface area contributed by atoms with Gasteiger partial charge in [0.1, 0.15) is 6.73 Å². The minimum Gasteiger partial charge on any atom is -0.354 e. The highest BCUT2D eigenvalue weighted by Crippen LogP contribution is 2.15. The molecule has 0 bridgehead atoms. The molecular formula is C7H14N2O. The van der Waals surface area contributed by atoms with Crippen molar-refractivity contribution in [3.05, 3.63) is 0 Å². The second kappa shape index (κ2) is 2.58. The molecule has 1 rings (SSSR count). The zero-order chi connectivity index (χ0) is 7.61. The molecule has 3 nitrogen and oxygen atoms in total. The summed E-state index contributed by atoms with van der Waals surface area (Å²) in [4.78, 5) is 0. The summed E-state index contributed by atoms with van der Waals surface area (Å²) < 4.78 is 5.44. The first-order chi connectivity index (χ1) is 4.60. The molecule has 0 amide bonds. The van der Waals surface area contributed by atoms with Crippen molar-refractivity contribution in [2.24, 2.45) is 5.10 Å². The normalized spacial score (nSPS) is 24.5. The van der Waals surface area contributed by atoms with E-state index in [9.17, 15) is 0 Å². The van der Waals surface area contributed by atoms with Gasteiger partial charge in [0.25, 0.3) is 0 Å². The summed E-state index contributed by atoms with van der Waals surface area (Å²) in [5, 5.41) is 4.06. The minimum absolute atomic E-state index is 0.0584. The fraction of sp³-hybridized carbons (Fsp3) is 0.857. The predicted molar refractivity (Wildman–Crippen MR) is 40.9 cm³/mol. The van der Waals surface area contributed by atoms with Gasteiger partial charge in [-0.1, -0.05) is 0 Å². The maximum Gasteiger partial charge on any atom is 0.132 e. The molecule has 0 aromatic carbocycles. The van der Waals surface area contributed by atoms with Gasteiger partial charge in [0, 0.05) is 12.1 Å². The number of nitrogens with one attached hydrogen (secondary N) is 1. The summed E-state index contributed by atoms with van der Waals surface area (Å²) >= 11 is 0. The van der Waals surface area contributed by atoms with Gasteiger partial charge in [0.2, 0.25) is 0 Å². The SMILES string of the molecule is CC1=NNCOC(C)(C)C1. The molecule has 0 atom stereocenters. The van der Waals surface area contributed by atoms with E-state index in [1.165, 1.54) is 0 Å². The average Bonchev–Trinajstić information content (AvgIpc) is 1.90. The van der Waals surface area contributed by atoms with Crippen LogP contribution in [0, 0.1) is 0 Å². The van der Waals surface area contributed by atoms with E-state index in [1.54, 1.807) is 0 Å². The Kier molecular flexibility index (Phi) is 1.94. The topological polar surface area (TPSA) is 33.6 Å². The second-order valence-corrected chi connectivity index (χ2v) is 3.23. The lowest BCUT2D eigenvalue weighted by atomic mass is 10.0. The lowest BCUT2D eigenvalue weighted by molar-refractivity contribution is -0.0165. The number of nitrogens with zero attached hydrogens (tertiary/aromatic N) is 1. The molecule has 0 radical (unpaired) electrons. The van der Waals surface area contributed by atoms with Crippen LogP contribution in [0.2, 0.25) is 0 Å². The Morgan fingerprint density at radius 3 is 3.00 bits per heavy atom. The molecule has 0 fully saturated rings. The fourth-order valence-electron chi connectivity index (χ4n) is 1.10. The molecule has 1 N–H and O–H groups in total. The fourth-order valence-corrected chi connectivity index (χ4v) is 1.10. The maximum absolute atomic E-state index is 5.44. The van der Waals surface area contributed by atoms with Crippen LogP contribution < -0.4 is 5.43 Å². The average molecular weight is 142 g/mol. The molecule has 1 heterocycles. The molecule has 58 valence electrons. The van der Waals surface area contributed by atoms with E-state index in [2.05, 4.69) is 24.4 Å². The van der Waals surface area contributed by atoms with Gasteiger partial charge in [-0.05, 0) is 20.8 Å². The number of hydrogen-bond acceptors (Lipinski definition) is 3. The van der Waals surface area contributed by atoms with E-state index >= 15 is 0 Å². The molecule has 0 saturated heterocycles. The Bertz CT molecular complexity index is 152.